The Morgan fingerprint density at radius 2 is 1.83 bits per heavy atom. The fourth-order valence-corrected chi connectivity index (χ4v) is 5.22. The van der Waals surface area contributed by atoms with Gasteiger partial charge in [-0.2, -0.15) is 4.99 Å². The molecule has 5 rings (SSSR count). The maximum absolute atomic E-state index is 14.8. The summed E-state index contributed by atoms with van der Waals surface area (Å²) in [6, 6.07) is 11.8. The summed E-state index contributed by atoms with van der Waals surface area (Å²) in [5.74, 6) is -1.38. The molecule has 0 saturated heterocycles. The molecule has 0 fully saturated rings. The molecule has 2 aliphatic heterocycles. The Bertz CT molecular complexity index is 1290. The molecule has 1 unspecified atom stereocenters. The zero-order valence-corrected chi connectivity index (χ0v) is 16.8. The Balaban J connectivity index is 1.93. The van der Waals surface area contributed by atoms with Gasteiger partial charge in [0.15, 0.2) is 0 Å². The van der Waals surface area contributed by atoms with E-state index in [9.17, 15) is 19.1 Å². The molecular weight excluding hydrogens is 385 g/mol. The molecule has 3 aromatic rings. The number of urea groups is 1. The summed E-state index contributed by atoms with van der Waals surface area (Å²) in [5.41, 5.74) is 1.19. The van der Waals surface area contributed by atoms with Crippen molar-refractivity contribution in [1.82, 2.24) is 9.88 Å². The van der Waals surface area contributed by atoms with Crippen molar-refractivity contribution in [2.45, 2.75) is 38.1 Å². The van der Waals surface area contributed by atoms with E-state index < -0.39 is 28.7 Å². The van der Waals surface area contributed by atoms with Crippen molar-refractivity contribution in [3.8, 4) is 5.88 Å². The number of carbonyl (C=O) groups excluding carboxylic acids is 2. The number of rotatable bonds is 2. The van der Waals surface area contributed by atoms with Gasteiger partial charge in [-0.1, -0.05) is 37.3 Å². The molecule has 30 heavy (non-hydrogen) atoms. The Morgan fingerprint density at radius 3 is 2.47 bits per heavy atom. The van der Waals surface area contributed by atoms with Gasteiger partial charge < -0.3 is 9.67 Å². The van der Waals surface area contributed by atoms with E-state index in [0.717, 1.165) is 11.1 Å². The molecule has 0 spiro atoms. The van der Waals surface area contributed by atoms with E-state index >= 15 is 0 Å². The number of imide groups is 1. The summed E-state index contributed by atoms with van der Waals surface area (Å²) >= 11 is 0. The number of aromatic hydroxyl groups is 1. The highest BCUT2D eigenvalue weighted by Gasteiger charge is 2.46. The second-order valence-electron chi connectivity index (χ2n) is 8.79. The van der Waals surface area contributed by atoms with Gasteiger partial charge in [-0.25, -0.2) is 9.18 Å². The van der Waals surface area contributed by atoms with Gasteiger partial charge in [0.05, 0.1) is 11.1 Å². The minimum Gasteiger partial charge on any atom is -0.494 e. The first-order valence-corrected chi connectivity index (χ1v) is 9.71. The number of hydrogen-bond acceptors (Lipinski definition) is 3. The third-order valence-corrected chi connectivity index (χ3v) is 6.29. The van der Waals surface area contributed by atoms with Crippen LogP contribution in [0.1, 0.15) is 43.9 Å². The number of aromatic nitrogens is 1. The molecule has 2 aliphatic rings. The summed E-state index contributed by atoms with van der Waals surface area (Å²) in [6.45, 7) is 6.05. The van der Waals surface area contributed by atoms with Crippen LogP contribution in [0.15, 0.2) is 47.5 Å². The van der Waals surface area contributed by atoms with Crippen LogP contribution < -0.4 is 5.32 Å². The highest BCUT2D eigenvalue weighted by molar-refractivity contribution is 6.53. The van der Waals surface area contributed by atoms with Crippen molar-refractivity contribution >= 4 is 28.6 Å². The SMILES string of the molecule is CC1(c2ccccc2)CC(C)(C)n2c(O)c(C3=NC(=O)NC3=O)c3cc(F)cc1c32. The van der Waals surface area contributed by atoms with Crippen LogP contribution >= 0.6 is 0 Å². The lowest BCUT2D eigenvalue weighted by atomic mass is 9.66. The largest absolute Gasteiger partial charge is 0.494 e. The van der Waals surface area contributed by atoms with Gasteiger partial charge in [0.1, 0.15) is 11.5 Å². The molecule has 6 nitrogen and oxygen atoms in total. The molecule has 0 radical (unpaired) electrons. The highest BCUT2D eigenvalue weighted by atomic mass is 19.1. The van der Waals surface area contributed by atoms with E-state index in [1.807, 2.05) is 44.2 Å². The zero-order valence-electron chi connectivity index (χ0n) is 16.8. The number of halogens is 1. The smallest absolute Gasteiger partial charge is 0.348 e. The Morgan fingerprint density at radius 1 is 1.13 bits per heavy atom. The average Bonchev–Trinajstić information content (AvgIpc) is 3.15. The molecular formula is C23H20FN3O3. The normalized spacial score (nSPS) is 22.3. The standard InChI is InChI=1S/C23H20FN3O3/c1-22(2)11-23(3,12-7-5-4-6-8-12)15-10-13(24)9-14-16(20(29)27(22)18(14)15)17-19(28)26-21(30)25-17/h4-10,29H,11H2,1-3H3,(H,26,28,30). The summed E-state index contributed by atoms with van der Waals surface area (Å²) in [4.78, 5) is 27.7. The first-order chi connectivity index (χ1) is 14.1. The van der Waals surface area contributed by atoms with E-state index in [2.05, 4.69) is 17.2 Å². The van der Waals surface area contributed by atoms with Crippen LogP contribution in [0.5, 0.6) is 5.88 Å². The van der Waals surface area contributed by atoms with Crippen molar-refractivity contribution < 1.29 is 19.1 Å². The lowest BCUT2D eigenvalue weighted by Crippen LogP contribution is -2.41. The van der Waals surface area contributed by atoms with E-state index in [1.165, 1.54) is 12.1 Å². The average molecular weight is 405 g/mol. The van der Waals surface area contributed by atoms with Crippen LogP contribution in [0.4, 0.5) is 9.18 Å². The van der Waals surface area contributed by atoms with Crippen LogP contribution in [-0.2, 0) is 15.7 Å². The van der Waals surface area contributed by atoms with Gasteiger partial charge in [0.2, 0.25) is 5.88 Å². The molecule has 0 bridgehead atoms. The molecule has 7 heteroatoms. The predicted molar refractivity (Wildman–Crippen MR) is 110 cm³/mol. The number of hydrogen-bond donors (Lipinski definition) is 2. The lowest BCUT2D eigenvalue weighted by molar-refractivity contribution is -0.113. The quantitative estimate of drug-likeness (QED) is 0.677. The topological polar surface area (TPSA) is 83.7 Å². The van der Waals surface area contributed by atoms with Gasteiger partial charge in [-0.05, 0) is 43.5 Å². The predicted octanol–water partition coefficient (Wildman–Crippen LogP) is 3.97. The third kappa shape index (κ3) is 2.32. The lowest BCUT2D eigenvalue weighted by Gasteiger charge is -2.45. The minimum absolute atomic E-state index is 0.0829. The van der Waals surface area contributed by atoms with E-state index in [-0.39, 0.29) is 17.2 Å². The Hall–Kier alpha value is -3.48. The van der Waals surface area contributed by atoms with Crippen LogP contribution in [0.3, 0.4) is 0 Å². The number of benzene rings is 2. The maximum atomic E-state index is 14.8. The van der Waals surface area contributed by atoms with Crippen LogP contribution in [0.25, 0.3) is 10.9 Å². The Kier molecular flexibility index (Phi) is 3.57. The molecule has 3 heterocycles. The number of aliphatic imine (C=N–C) groups is 1. The maximum Gasteiger partial charge on any atom is 0.348 e. The number of nitrogens with zero attached hydrogens (tertiary/aromatic N) is 2. The van der Waals surface area contributed by atoms with Crippen molar-refractivity contribution in [3.63, 3.8) is 0 Å². The first-order valence-electron chi connectivity index (χ1n) is 9.71. The van der Waals surface area contributed by atoms with E-state index in [1.54, 1.807) is 4.57 Å². The highest BCUT2D eigenvalue weighted by Crippen LogP contribution is 2.53. The van der Waals surface area contributed by atoms with Gasteiger partial charge in [-0.15, -0.1) is 0 Å². The number of amides is 3. The fraction of sp³-hybridized carbons (Fsp3) is 0.261. The molecule has 152 valence electrons. The Labute approximate surface area is 172 Å². The van der Waals surface area contributed by atoms with Crippen LogP contribution in [-0.4, -0.2) is 27.3 Å². The summed E-state index contributed by atoms with van der Waals surface area (Å²) in [5, 5.41) is 13.6. The van der Waals surface area contributed by atoms with E-state index in [0.29, 0.717) is 17.3 Å². The zero-order chi connectivity index (χ0) is 21.4. The second-order valence-corrected chi connectivity index (χ2v) is 8.79. The molecule has 1 aromatic heterocycles. The monoisotopic (exact) mass is 405 g/mol. The van der Waals surface area contributed by atoms with Gasteiger partial charge in [0.25, 0.3) is 5.91 Å². The van der Waals surface area contributed by atoms with Crippen LogP contribution in [0, 0.1) is 5.82 Å². The number of nitrogens with one attached hydrogen (secondary N) is 1. The molecule has 0 saturated carbocycles. The van der Waals surface area contributed by atoms with Crippen LogP contribution in [0.2, 0.25) is 0 Å². The first kappa shape index (κ1) is 18.5. The van der Waals surface area contributed by atoms with Crippen molar-refractivity contribution in [2.24, 2.45) is 4.99 Å². The third-order valence-electron chi connectivity index (χ3n) is 6.29. The second kappa shape index (κ2) is 5.78. The van der Waals surface area contributed by atoms with Gasteiger partial charge in [0, 0.05) is 16.3 Å². The van der Waals surface area contributed by atoms with Crippen molar-refractivity contribution in [1.29, 1.82) is 0 Å². The molecule has 0 aliphatic carbocycles. The summed E-state index contributed by atoms with van der Waals surface area (Å²) in [6.07, 6.45) is 0.592. The summed E-state index contributed by atoms with van der Waals surface area (Å²) in [7, 11) is 0. The molecule has 2 N–H and O–H groups in total. The molecule has 2 aromatic carbocycles. The molecule has 3 amide bonds. The van der Waals surface area contributed by atoms with E-state index in [4.69, 9.17) is 0 Å². The van der Waals surface area contributed by atoms with Crippen molar-refractivity contribution in [2.75, 3.05) is 0 Å². The summed E-state index contributed by atoms with van der Waals surface area (Å²) < 4.78 is 16.6. The molecule has 1 atom stereocenters. The fourth-order valence-electron chi connectivity index (χ4n) is 5.22. The van der Waals surface area contributed by atoms with Gasteiger partial charge >= 0.3 is 6.03 Å². The minimum atomic E-state index is -0.796. The van der Waals surface area contributed by atoms with Gasteiger partial charge in [-0.3, -0.25) is 10.1 Å². The van der Waals surface area contributed by atoms with Crippen molar-refractivity contribution in [3.05, 3.63) is 65.0 Å². The number of carbonyl (C=O) groups is 2.